The van der Waals surface area contributed by atoms with Gasteiger partial charge in [0.05, 0.1) is 23.6 Å². The summed E-state index contributed by atoms with van der Waals surface area (Å²) in [6, 6.07) is 21.8. The van der Waals surface area contributed by atoms with Gasteiger partial charge in [-0.25, -0.2) is 4.84 Å². The van der Waals surface area contributed by atoms with E-state index in [0.29, 0.717) is 23.0 Å². The lowest BCUT2D eigenvalue weighted by Gasteiger charge is -2.18. The smallest absolute Gasteiger partial charge is 0.327 e. The third-order valence-electron chi connectivity index (χ3n) is 5.27. The van der Waals surface area contributed by atoms with E-state index in [1.807, 2.05) is 36.4 Å². The molecule has 0 heterocycles. The van der Waals surface area contributed by atoms with Gasteiger partial charge >= 0.3 is 5.69 Å². The van der Waals surface area contributed by atoms with Gasteiger partial charge in [0.2, 0.25) is 0 Å². The highest BCUT2D eigenvalue weighted by atomic mass is 16.8. The van der Waals surface area contributed by atoms with E-state index < -0.39 is 0 Å². The fourth-order valence-electron chi connectivity index (χ4n) is 3.67. The van der Waals surface area contributed by atoms with Crippen LogP contribution in [0.4, 0.5) is 5.69 Å². The van der Waals surface area contributed by atoms with Crippen molar-refractivity contribution in [3.63, 3.8) is 0 Å². The Balaban J connectivity index is 1.58. The van der Waals surface area contributed by atoms with E-state index in [1.54, 1.807) is 13.2 Å². The molecule has 0 bridgehead atoms. The highest BCUT2D eigenvalue weighted by molar-refractivity contribution is 5.88. The topological polar surface area (TPSA) is 47.8 Å². The molecule has 3 aromatic carbocycles. The van der Waals surface area contributed by atoms with E-state index in [1.165, 1.54) is 12.7 Å². The number of nitrogens with zero attached hydrogens (tertiary/aromatic N) is 1. The summed E-state index contributed by atoms with van der Waals surface area (Å²) in [6.45, 7) is 0.548. The van der Waals surface area contributed by atoms with Crippen molar-refractivity contribution < 1.29 is 19.2 Å². The van der Waals surface area contributed by atoms with E-state index in [4.69, 9.17) is 14.3 Å². The highest BCUT2D eigenvalue weighted by Crippen LogP contribution is 2.37. The molecule has 0 aliphatic heterocycles. The molecule has 0 saturated heterocycles. The van der Waals surface area contributed by atoms with Crippen LogP contribution < -0.4 is 9.47 Å². The average molecular weight is 402 g/mol. The molecule has 0 N–H and O–H groups in total. The van der Waals surface area contributed by atoms with Gasteiger partial charge in [-0.2, -0.15) is 0 Å². The Morgan fingerprint density at radius 3 is 2.47 bits per heavy atom. The Morgan fingerprint density at radius 2 is 1.70 bits per heavy atom. The predicted molar refractivity (Wildman–Crippen MR) is 117 cm³/mol. The summed E-state index contributed by atoms with van der Waals surface area (Å²) in [6.07, 6.45) is 3.83. The molecule has 152 valence electrons. The van der Waals surface area contributed by atoms with E-state index in [2.05, 4.69) is 30.3 Å². The summed E-state index contributed by atoms with van der Waals surface area (Å²) in [5.74, 6) is 1.48. The number of hydrogen-bond acceptors (Lipinski definition) is 4. The number of allylic oxidation sites excluding steroid dienone is 1. The average Bonchev–Trinajstić information content (AvgIpc) is 2.82. The largest absolute Gasteiger partial charge is 0.496 e. The van der Waals surface area contributed by atoms with Crippen molar-refractivity contribution in [1.82, 2.24) is 0 Å². The van der Waals surface area contributed by atoms with Crippen LogP contribution in [0.5, 0.6) is 11.5 Å². The molecule has 0 spiro atoms. The van der Waals surface area contributed by atoms with Crippen molar-refractivity contribution in [2.45, 2.75) is 19.4 Å². The quantitative estimate of drug-likeness (QED) is 0.473. The maximum Gasteiger partial charge on any atom is 0.327 e. The lowest BCUT2D eigenvalue weighted by atomic mass is 9.88. The number of aryl methyl sites for hydroxylation is 1. The van der Waals surface area contributed by atoms with Crippen molar-refractivity contribution in [1.29, 1.82) is 0 Å². The Morgan fingerprint density at radius 1 is 0.900 bits per heavy atom. The van der Waals surface area contributed by atoms with Gasteiger partial charge in [-0.15, -0.1) is 0 Å². The fourth-order valence-corrected chi connectivity index (χ4v) is 3.67. The molecule has 1 aliphatic rings. The van der Waals surface area contributed by atoms with Crippen molar-refractivity contribution in [2.24, 2.45) is 0 Å². The second-order valence-corrected chi connectivity index (χ2v) is 7.13. The molecule has 30 heavy (non-hydrogen) atoms. The van der Waals surface area contributed by atoms with Gasteiger partial charge in [0.15, 0.2) is 7.11 Å². The zero-order chi connectivity index (χ0) is 20.9. The van der Waals surface area contributed by atoms with E-state index >= 15 is 0 Å². The third kappa shape index (κ3) is 4.20. The molecule has 1 aliphatic carbocycles. The lowest BCUT2D eigenvalue weighted by molar-refractivity contribution is -0.736. The van der Waals surface area contributed by atoms with Crippen LogP contribution in [0.1, 0.15) is 28.7 Å². The van der Waals surface area contributed by atoms with Crippen LogP contribution in [0.2, 0.25) is 0 Å². The summed E-state index contributed by atoms with van der Waals surface area (Å²) in [4.78, 5) is 17.6. The molecule has 0 saturated carbocycles. The van der Waals surface area contributed by atoms with Crippen molar-refractivity contribution in [3.8, 4) is 11.5 Å². The van der Waals surface area contributed by atoms with Crippen LogP contribution in [0.25, 0.3) is 11.6 Å². The summed E-state index contributed by atoms with van der Waals surface area (Å²) >= 11 is 0. The Bertz CT molecular complexity index is 1090. The first-order valence-corrected chi connectivity index (χ1v) is 9.88. The number of rotatable bonds is 7. The third-order valence-corrected chi connectivity index (χ3v) is 5.27. The molecule has 0 unspecified atom stereocenters. The van der Waals surface area contributed by atoms with E-state index in [0.717, 1.165) is 40.9 Å². The fraction of sp³-hybridized carbons (Fsp3) is 0.200. The maximum atomic E-state index is 12.2. The zero-order valence-corrected chi connectivity index (χ0v) is 17.1. The second kappa shape index (κ2) is 8.82. The molecule has 0 atom stereocenters. The van der Waals surface area contributed by atoms with Gasteiger partial charge in [-0.1, -0.05) is 42.5 Å². The summed E-state index contributed by atoms with van der Waals surface area (Å²) in [5, 5.41) is 0. The highest BCUT2D eigenvalue weighted by Gasteiger charge is 2.25. The SMILES string of the molecule is COc1ccc(C2=Cc3ccc(OCc4ccccc4)cc3CC2)c([N+](=O)OC)c1. The van der Waals surface area contributed by atoms with Gasteiger partial charge < -0.3 is 9.47 Å². The Hall–Kier alpha value is -3.60. The van der Waals surface area contributed by atoms with Gasteiger partial charge in [-0.3, -0.25) is 0 Å². The van der Waals surface area contributed by atoms with Crippen LogP contribution in [0.15, 0.2) is 66.7 Å². The zero-order valence-electron chi connectivity index (χ0n) is 17.1. The molecule has 0 fully saturated rings. The minimum atomic E-state index is 0.439. The number of ether oxygens (including phenoxy) is 2. The van der Waals surface area contributed by atoms with Gasteiger partial charge in [0, 0.05) is 0 Å². The molecule has 0 amide bonds. The van der Waals surface area contributed by atoms with Crippen molar-refractivity contribution in [2.75, 3.05) is 14.2 Å². The normalized spacial score (nSPS) is 12.5. The molecular formula is C25H24NO4+. The van der Waals surface area contributed by atoms with Gasteiger partial charge in [0.1, 0.15) is 18.1 Å². The van der Waals surface area contributed by atoms with Crippen LogP contribution >= 0.6 is 0 Å². The van der Waals surface area contributed by atoms with Crippen LogP contribution in [0.3, 0.4) is 0 Å². The Labute approximate surface area is 176 Å². The second-order valence-electron chi connectivity index (χ2n) is 7.13. The van der Waals surface area contributed by atoms with Crippen LogP contribution in [-0.4, -0.2) is 19.1 Å². The van der Waals surface area contributed by atoms with E-state index in [9.17, 15) is 4.91 Å². The first kappa shape index (κ1) is 19.7. The lowest BCUT2D eigenvalue weighted by Crippen LogP contribution is -2.05. The van der Waals surface area contributed by atoms with Gasteiger partial charge in [0.25, 0.3) is 4.92 Å². The number of hydrogen-bond donors (Lipinski definition) is 0. The standard InChI is InChI=1S/C25H24NO4/c1-28-22-12-13-24(25(16-22)26(27)29-2)21-9-8-20-15-23(11-10-19(20)14-21)30-17-18-6-4-3-5-7-18/h3-7,10-16H,8-9,17H2,1-2H3/q+1. The molecule has 0 radical (unpaired) electrons. The number of benzene rings is 3. The first-order valence-electron chi connectivity index (χ1n) is 9.88. The van der Waals surface area contributed by atoms with Gasteiger partial charge in [-0.05, 0) is 59.4 Å². The van der Waals surface area contributed by atoms with E-state index in [-0.39, 0.29) is 0 Å². The molecule has 0 aromatic heterocycles. The first-order chi connectivity index (χ1) is 14.7. The molecule has 5 heteroatoms. The predicted octanol–water partition coefficient (Wildman–Crippen LogP) is 5.73. The number of methoxy groups -OCH3 is 1. The monoisotopic (exact) mass is 402 g/mol. The molecule has 5 nitrogen and oxygen atoms in total. The number of fused-ring (bicyclic) bond motifs is 1. The summed E-state index contributed by atoms with van der Waals surface area (Å²) in [7, 11) is 2.94. The minimum Gasteiger partial charge on any atom is -0.496 e. The summed E-state index contributed by atoms with van der Waals surface area (Å²) < 4.78 is 11.2. The maximum absolute atomic E-state index is 12.2. The van der Waals surface area contributed by atoms with Crippen molar-refractivity contribution in [3.05, 3.63) is 93.9 Å². The van der Waals surface area contributed by atoms with Crippen LogP contribution in [-0.2, 0) is 17.9 Å². The van der Waals surface area contributed by atoms with Crippen molar-refractivity contribution >= 4 is 17.3 Å². The molecule has 4 rings (SSSR count). The Kier molecular flexibility index (Phi) is 5.80. The summed E-state index contributed by atoms with van der Waals surface area (Å²) in [5.41, 5.74) is 5.91. The molecular weight excluding hydrogens is 378 g/mol. The van der Waals surface area contributed by atoms with Crippen LogP contribution in [0, 0.1) is 4.91 Å². The minimum absolute atomic E-state index is 0.439. The molecule has 3 aromatic rings.